The summed E-state index contributed by atoms with van der Waals surface area (Å²) in [4.78, 5) is 16.9. The molecule has 8 nitrogen and oxygen atoms in total. The SMILES string of the molecule is O=C1CN(c2cccc(-n3cc(-c4c(Cl)cccc4Cl)nc3Cc3ccc(-c4cccc(OCC5CCCCC5)c4)cc3)c2)S(=O)(=O)N1. The number of carbonyl (C=O) groups excluding carboxylic acids is 1. The van der Waals surface area contributed by atoms with E-state index in [0.717, 1.165) is 33.4 Å². The van der Waals surface area contributed by atoms with Crippen LogP contribution >= 0.6 is 23.2 Å². The van der Waals surface area contributed by atoms with Crippen molar-refractivity contribution >= 4 is 45.0 Å². The van der Waals surface area contributed by atoms with Gasteiger partial charge in [-0.2, -0.15) is 8.42 Å². The molecule has 2 fully saturated rings. The lowest BCUT2D eigenvalue weighted by molar-refractivity contribution is -0.117. The third-order valence-corrected chi connectivity index (χ3v) is 10.9. The smallest absolute Gasteiger partial charge is 0.326 e. The van der Waals surface area contributed by atoms with Gasteiger partial charge in [0.2, 0.25) is 0 Å². The molecule has 4 aromatic carbocycles. The Morgan fingerprint density at radius 1 is 0.833 bits per heavy atom. The predicted molar refractivity (Wildman–Crippen MR) is 190 cm³/mol. The molecule has 1 saturated heterocycles. The van der Waals surface area contributed by atoms with Crippen molar-refractivity contribution in [2.45, 2.75) is 38.5 Å². The van der Waals surface area contributed by atoms with Crippen LogP contribution in [0.2, 0.25) is 10.0 Å². The summed E-state index contributed by atoms with van der Waals surface area (Å²) in [6.45, 7) is 0.479. The van der Waals surface area contributed by atoms with Gasteiger partial charge in [-0.3, -0.25) is 4.79 Å². The third kappa shape index (κ3) is 6.95. The standard InChI is InChI=1S/C37H34Cl2N4O4S/c38-32-13-6-14-33(39)37(32)34-22-42(29-10-5-11-30(21-29)43-23-36(44)41-48(43,45)46)35(40-34)19-25-15-17-27(18-16-25)28-9-4-12-31(20-28)47-24-26-7-2-1-3-8-26/h4-6,9-18,20-22,26H,1-3,7-8,19,23-24H2,(H,41,44). The van der Waals surface area contributed by atoms with Crippen LogP contribution in [0.15, 0.2) is 97.2 Å². The van der Waals surface area contributed by atoms with E-state index in [2.05, 4.69) is 36.4 Å². The molecule has 0 radical (unpaired) electrons. The maximum absolute atomic E-state index is 12.6. The maximum Gasteiger partial charge on any atom is 0.326 e. The summed E-state index contributed by atoms with van der Waals surface area (Å²) < 4.78 is 36.3. The molecular weight excluding hydrogens is 667 g/mol. The van der Waals surface area contributed by atoms with E-state index in [9.17, 15) is 13.2 Å². The van der Waals surface area contributed by atoms with Gasteiger partial charge in [0.1, 0.15) is 18.1 Å². The van der Waals surface area contributed by atoms with Crippen molar-refractivity contribution in [3.8, 4) is 33.8 Å². The van der Waals surface area contributed by atoms with Crippen molar-refractivity contribution in [3.63, 3.8) is 0 Å². The molecular formula is C37H34Cl2N4O4S. The molecule has 0 bridgehead atoms. The van der Waals surface area contributed by atoms with Gasteiger partial charge in [0.05, 0.1) is 28.0 Å². The van der Waals surface area contributed by atoms with Crippen molar-refractivity contribution in [2.75, 3.05) is 17.5 Å². The van der Waals surface area contributed by atoms with Crippen LogP contribution in [-0.2, 0) is 21.4 Å². The highest BCUT2D eigenvalue weighted by Gasteiger charge is 2.34. The first-order valence-electron chi connectivity index (χ1n) is 16.0. The first kappa shape index (κ1) is 32.2. The molecule has 1 amide bonds. The summed E-state index contributed by atoms with van der Waals surface area (Å²) in [5, 5.41) is 0.934. The molecule has 1 aliphatic heterocycles. The summed E-state index contributed by atoms with van der Waals surface area (Å²) in [6, 6.07) is 28.9. The highest BCUT2D eigenvalue weighted by molar-refractivity contribution is 7.92. The highest BCUT2D eigenvalue weighted by Crippen LogP contribution is 2.36. The monoisotopic (exact) mass is 700 g/mol. The number of hydrogen-bond donors (Lipinski definition) is 1. The average Bonchev–Trinajstić information content (AvgIpc) is 3.62. The van der Waals surface area contributed by atoms with Gasteiger partial charge in [0.15, 0.2) is 0 Å². The lowest BCUT2D eigenvalue weighted by atomic mass is 9.90. The second-order valence-corrected chi connectivity index (χ2v) is 14.7. The van der Waals surface area contributed by atoms with E-state index in [1.54, 1.807) is 36.4 Å². The van der Waals surface area contributed by atoms with Gasteiger partial charge in [0, 0.05) is 23.9 Å². The number of amides is 1. The number of imidazole rings is 1. The minimum atomic E-state index is -3.97. The zero-order chi connectivity index (χ0) is 33.3. The van der Waals surface area contributed by atoms with E-state index in [1.165, 1.54) is 32.1 Å². The molecule has 1 saturated carbocycles. The normalized spacial score (nSPS) is 16.2. The molecule has 48 heavy (non-hydrogen) atoms. The molecule has 2 heterocycles. The fourth-order valence-corrected chi connectivity index (χ4v) is 8.17. The summed E-state index contributed by atoms with van der Waals surface area (Å²) in [5.41, 5.74) is 5.41. The maximum atomic E-state index is 12.6. The van der Waals surface area contributed by atoms with Gasteiger partial charge >= 0.3 is 10.2 Å². The Morgan fingerprint density at radius 3 is 2.27 bits per heavy atom. The van der Waals surface area contributed by atoms with Crippen LogP contribution in [0.5, 0.6) is 5.75 Å². The van der Waals surface area contributed by atoms with Crippen molar-refractivity contribution in [1.29, 1.82) is 0 Å². The van der Waals surface area contributed by atoms with Crippen molar-refractivity contribution in [3.05, 3.63) is 119 Å². The van der Waals surface area contributed by atoms with Gasteiger partial charge < -0.3 is 9.30 Å². The number of anilines is 1. The Hall–Kier alpha value is -4.31. The number of benzene rings is 4. The first-order valence-corrected chi connectivity index (χ1v) is 18.2. The first-order chi connectivity index (χ1) is 23.2. The lowest BCUT2D eigenvalue weighted by Gasteiger charge is -2.21. The molecule has 5 aromatic rings. The number of nitrogens with one attached hydrogen (secondary N) is 1. The number of hydrogen-bond acceptors (Lipinski definition) is 5. The molecule has 1 N–H and O–H groups in total. The Balaban J connectivity index is 1.18. The van der Waals surface area contributed by atoms with Crippen LogP contribution in [0.3, 0.4) is 0 Å². The number of rotatable bonds is 9. The fourth-order valence-electron chi connectivity index (χ4n) is 6.44. The number of aromatic nitrogens is 2. The number of ether oxygens (including phenoxy) is 1. The van der Waals surface area contributed by atoms with Crippen LogP contribution in [-0.4, -0.2) is 37.0 Å². The Bertz CT molecular complexity index is 2060. The Morgan fingerprint density at radius 2 is 1.54 bits per heavy atom. The van der Waals surface area contributed by atoms with Gasteiger partial charge in [-0.15, -0.1) is 0 Å². The van der Waals surface area contributed by atoms with Gasteiger partial charge in [-0.1, -0.05) is 91.0 Å². The third-order valence-electron chi connectivity index (χ3n) is 8.91. The topological polar surface area (TPSA) is 93.5 Å². The molecule has 11 heteroatoms. The van der Waals surface area contributed by atoms with Crippen molar-refractivity contribution < 1.29 is 17.9 Å². The quantitative estimate of drug-likeness (QED) is 0.167. The Labute approximate surface area is 290 Å². The van der Waals surface area contributed by atoms with E-state index in [1.807, 2.05) is 33.7 Å². The van der Waals surface area contributed by atoms with Gasteiger partial charge in [0.25, 0.3) is 5.91 Å². The van der Waals surface area contributed by atoms with E-state index < -0.39 is 16.1 Å². The van der Waals surface area contributed by atoms with Crippen LogP contribution in [0.1, 0.15) is 43.5 Å². The van der Waals surface area contributed by atoms with E-state index >= 15 is 0 Å². The number of nitrogens with zero attached hydrogens (tertiary/aromatic N) is 3. The van der Waals surface area contributed by atoms with Crippen LogP contribution in [0, 0.1) is 5.92 Å². The van der Waals surface area contributed by atoms with Gasteiger partial charge in [-0.05, 0) is 77.9 Å². The van der Waals surface area contributed by atoms with Crippen LogP contribution < -0.4 is 13.8 Å². The summed E-state index contributed by atoms with van der Waals surface area (Å²) in [6.07, 6.45) is 8.74. The number of carbonyl (C=O) groups is 1. The van der Waals surface area contributed by atoms with Crippen LogP contribution in [0.4, 0.5) is 5.69 Å². The minimum Gasteiger partial charge on any atom is -0.493 e. The molecule has 1 aromatic heterocycles. The lowest BCUT2D eigenvalue weighted by Crippen LogP contribution is -2.29. The molecule has 7 rings (SSSR count). The van der Waals surface area contributed by atoms with Crippen molar-refractivity contribution in [2.24, 2.45) is 5.92 Å². The summed E-state index contributed by atoms with van der Waals surface area (Å²) >= 11 is 13.2. The molecule has 1 aliphatic carbocycles. The molecule has 0 spiro atoms. The Kier molecular flexibility index (Phi) is 9.18. The van der Waals surface area contributed by atoms with E-state index in [0.29, 0.717) is 50.8 Å². The molecule has 2 aliphatic rings. The highest BCUT2D eigenvalue weighted by atomic mass is 35.5. The largest absolute Gasteiger partial charge is 0.493 e. The zero-order valence-corrected chi connectivity index (χ0v) is 28.4. The summed E-state index contributed by atoms with van der Waals surface area (Å²) in [7, 11) is -3.97. The average molecular weight is 702 g/mol. The predicted octanol–water partition coefficient (Wildman–Crippen LogP) is 8.24. The summed E-state index contributed by atoms with van der Waals surface area (Å²) in [5.74, 6) is 1.64. The minimum absolute atomic E-state index is 0.287. The van der Waals surface area contributed by atoms with Gasteiger partial charge in [-0.25, -0.2) is 14.0 Å². The zero-order valence-electron chi connectivity index (χ0n) is 26.1. The van der Waals surface area contributed by atoms with Crippen molar-refractivity contribution in [1.82, 2.24) is 14.3 Å². The number of halogens is 2. The fraction of sp³-hybridized carbons (Fsp3) is 0.243. The second-order valence-electron chi connectivity index (χ2n) is 12.3. The molecule has 0 unspecified atom stereocenters. The van der Waals surface area contributed by atoms with E-state index in [-0.39, 0.29) is 6.54 Å². The van der Waals surface area contributed by atoms with E-state index in [4.69, 9.17) is 32.9 Å². The molecule has 246 valence electrons. The van der Waals surface area contributed by atoms with Crippen LogP contribution in [0.25, 0.3) is 28.1 Å². The second kappa shape index (κ2) is 13.7. The molecule has 0 atom stereocenters.